The topological polar surface area (TPSA) is 43.8 Å². The molecule has 0 amide bonds. The molecule has 62 valence electrons. The molecule has 0 spiro atoms. The van der Waals surface area contributed by atoms with Crippen molar-refractivity contribution < 1.29 is 0 Å². The van der Waals surface area contributed by atoms with Gasteiger partial charge in [0.05, 0.1) is 6.04 Å². The van der Waals surface area contributed by atoms with Gasteiger partial charge in [0.25, 0.3) is 0 Å². The summed E-state index contributed by atoms with van der Waals surface area (Å²) in [6.07, 6.45) is 3.69. The Labute approximate surface area is 67.2 Å². The van der Waals surface area contributed by atoms with Crippen molar-refractivity contribution in [1.29, 1.82) is 0 Å². The van der Waals surface area contributed by atoms with Gasteiger partial charge >= 0.3 is 0 Å². The lowest BCUT2D eigenvalue weighted by Crippen LogP contribution is -2.20. The highest BCUT2D eigenvalue weighted by molar-refractivity contribution is 4.98. The maximum Gasteiger partial charge on any atom is 0.125 e. The van der Waals surface area contributed by atoms with Crippen LogP contribution < -0.4 is 5.73 Å². The molecule has 0 bridgehead atoms. The van der Waals surface area contributed by atoms with E-state index in [-0.39, 0.29) is 6.04 Å². The minimum absolute atomic E-state index is 0.0509. The molecule has 0 radical (unpaired) electrons. The SMILES string of the molecule is CC(C)[C@H](N)c1nccn1C. The summed E-state index contributed by atoms with van der Waals surface area (Å²) < 4.78 is 1.96. The number of aromatic nitrogens is 2. The molecule has 0 saturated heterocycles. The first-order valence-electron chi connectivity index (χ1n) is 3.85. The normalized spacial score (nSPS) is 13.9. The number of hydrogen-bond acceptors (Lipinski definition) is 2. The highest BCUT2D eigenvalue weighted by atomic mass is 15.1. The molecule has 1 heterocycles. The molecule has 0 fully saturated rings. The molecule has 0 aliphatic heterocycles. The zero-order valence-corrected chi connectivity index (χ0v) is 7.28. The molecule has 1 rings (SSSR count). The van der Waals surface area contributed by atoms with Crippen molar-refractivity contribution in [2.24, 2.45) is 18.7 Å². The van der Waals surface area contributed by atoms with Gasteiger partial charge in [0.2, 0.25) is 0 Å². The first kappa shape index (κ1) is 8.27. The highest BCUT2D eigenvalue weighted by Gasteiger charge is 2.13. The zero-order valence-electron chi connectivity index (χ0n) is 7.28. The van der Waals surface area contributed by atoms with Gasteiger partial charge in [-0.2, -0.15) is 0 Å². The van der Waals surface area contributed by atoms with E-state index in [9.17, 15) is 0 Å². The Hall–Kier alpha value is -0.830. The van der Waals surface area contributed by atoms with Crippen LogP contribution in [0.5, 0.6) is 0 Å². The second kappa shape index (κ2) is 3.05. The molecule has 3 heteroatoms. The smallest absolute Gasteiger partial charge is 0.125 e. The lowest BCUT2D eigenvalue weighted by molar-refractivity contribution is 0.478. The largest absolute Gasteiger partial charge is 0.337 e. The monoisotopic (exact) mass is 153 g/mol. The number of rotatable bonds is 2. The van der Waals surface area contributed by atoms with Gasteiger partial charge in [0.1, 0.15) is 5.82 Å². The average Bonchev–Trinajstić information content (AvgIpc) is 2.33. The van der Waals surface area contributed by atoms with E-state index < -0.39 is 0 Å². The number of nitrogens with zero attached hydrogens (tertiary/aromatic N) is 2. The second-order valence-electron chi connectivity index (χ2n) is 3.17. The molecule has 0 aliphatic rings. The van der Waals surface area contributed by atoms with E-state index in [1.54, 1.807) is 6.20 Å². The lowest BCUT2D eigenvalue weighted by Gasteiger charge is -2.14. The van der Waals surface area contributed by atoms with Crippen molar-refractivity contribution in [3.8, 4) is 0 Å². The number of aryl methyl sites for hydroxylation is 1. The molecule has 1 atom stereocenters. The van der Waals surface area contributed by atoms with Gasteiger partial charge in [0.15, 0.2) is 0 Å². The summed E-state index contributed by atoms with van der Waals surface area (Å²) >= 11 is 0. The molecule has 11 heavy (non-hydrogen) atoms. The number of imidazole rings is 1. The van der Waals surface area contributed by atoms with Crippen molar-refractivity contribution in [3.05, 3.63) is 18.2 Å². The fourth-order valence-corrected chi connectivity index (χ4v) is 0.996. The van der Waals surface area contributed by atoms with Crippen LogP contribution in [0.15, 0.2) is 12.4 Å². The molecular weight excluding hydrogens is 138 g/mol. The fraction of sp³-hybridized carbons (Fsp3) is 0.625. The summed E-state index contributed by atoms with van der Waals surface area (Å²) in [5, 5.41) is 0. The van der Waals surface area contributed by atoms with E-state index in [1.165, 1.54) is 0 Å². The summed E-state index contributed by atoms with van der Waals surface area (Å²) in [4.78, 5) is 4.17. The Morgan fingerprint density at radius 3 is 2.55 bits per heavy atom. The van der Waals surface area contributed by atoms with Gasteiger partial charge in [0, 0.05) is 19.4 Å². The van der Waals surface area contributed by atoms with Gasteiger partial charge in [-0.25, -0.2) is 4.98 Å². The Bertz CT molecular complexity index is 227. The highest BCUT2D eigenvalue weighted by Crippen LogP contribution is 2.15. The fourth-order valence-electron chi connectivity index (χ4n) is 0.996. The van der Waals surface area contributed by atoms with Crippen LogP contribution in [0.1, 0.15) is 25.7 Å². The summed E-state index contributed by atoms with van der Waals surface area (Å²) in [5.41, 5.74) is 5.90. The number of hydrogen-bond donors (Lipinski definition) is 1. The van der Waals surface area contributed by atoms with Crippen molar-refractivity contribution in [1.82, 2.24) is 9.55 Å². The van der Waals surface area contributed by atoms with E-state index in [0.29, 0.717) is 5.92 Å². The van der Waals surface area contributed by atoms with Crippen LogP contribution in [0.25, 0.3) is 0 Å². The van der Waals surface area contributed by atoms with Crippen molar-refractivity contribution in [3.63, 3.8) is 0 Å². The van der Waals surface area contributed by atoms with E-state index in [2.05, 4.69) is 18.8 Å². The van der Waals surface area contributed by atoms with Crippen LogP contribution in [0.4, 0.5) is 0 Å². The summed E-state index contributed by atoms with van der Waals surface area (Å²) in [6, 6.07) is 0.0509. The molecule has 0 saturated carbocycles. The van der Waals surface area contributed by atoms with Gasteiger partial charge in [-0.3, -0.25) is 0 Å². The molecule has 0 unspecified atom stereocenters. The van der Waals surface area contributed by atoms with Gasteiger partial charge in [-0.15, -0.1) is 0 Å². The first-order valence-corrected chi connectivity index (χ1v) is 3.85. The second-order valence-corrected chi connectivity index (χ2v) is 3.17. The summed E-state index contributed by atoms with van der Waals surface area (Å²) in [6.45, 7) is 4.19. The van der Waals surface area contributed by atoms with E-state index in [4.69, 9.17) is 5.73 Å². The first-order chi connectivity index (χ1) is 5.13. The summed E-state index contributed by atoms with van der Waals surface area (Å²) in [5.74, 6) is 1.40. The predicted molar refractivity (Wildman–Crippen MR) is 45.0 cm³/mol. The molecule has 0 aliphatic carbocycles. The standard InChI is InChI=1S/C8H15N3/c1-6(2)7(9)8-10-4-5-11(8)3/h4-7H,9H2,1-3H3/t7-/m0/s1. The van der Waals surface area contributed by atoms with Crippen LogP contribution in [0, 0.1) is 5.92 Å². The molecular formula is C8H15N3. The quantitative estimate of drug-likeness (QED) is 0.690. The Morgan fingerprint density at radius 2 is 2.18 bits per heavy atom. The summed E-state index contributed by atoms with van der Waals surface area (Å²) in [7, 11) is 1.96. The van der Waals surface area contributed by atoms with Crippen LogP contribution >= 0.6 is 0 Å². The Balaban J connectivity index is 2.84. The van der Waals surface area contributed by atoms with E-state index in [1.807, 2.05) is 17.8 Å². The maximum absolute atomic E-state index is 5.90. The minimum Gasteiger partial charge on any atom is -0.337 e. The Morgan fingerprint density at radius 1 is 1.55 bits per heavy atom. The zero-order chi connectivity index (χ0) is 8.43. The van der Waals surface area contributed by atoms with E-state index >= 15 is 0 Å². The average molecular weight is 153 g/mol. The minimum atomic E-state index is 0.0509. The van der Waals surface area contributed by atoms with Crippen molar-refractivity contribution in [2.45, 2.75) is 19.9 Å². The van der Waals surface area contributed by atoms with Crippen molar-refractivity contribution in [2.75, 3.05) is 0 Å². The van der Waals surface area contributed by atoms with Gasteiger partial charge in [-0.05, 0) is 5.92 Å². The van der Waals surface area contributed by atoms with Gasteiger partial charge in [-0.1, -0.05) is 13.8 Å². The van der Waals surface area contributed by atoms with Gasteiger partial charge < -0.3 is 10.3 Å². The van der Waals surface area contributed by atoms with Crippen LogP contribution in [0.3, 0.4) is 0 Å². The third-order valence-electron chi connectivity index (χ3n) is 1.87. The lowest BCUT2D eigenvalue weighted by atomic mass is 10.1. The molecule has 0 aromatic carbocycles. The third kappa shape index (κ3) is 1.60. The predicted octanol–water partition coefficient (Wildman–Crippen LogP) is 1.08. The van der Waals surface area contributed by atoms with Crippen molar-refractivity contribution >= 4 is 0 Å². The molecule has 1 aromatic rings. The molecule has 2 N–H and O–H groups in total. The molecule has 1 aromatic heterocycles. The van der Waals surface area contributed by atoms with E-state index in [0.717, 1.165) is 5.82 Å². The molecule has 3 nitrogen and oxygen atoms in total. The van der Waals surface area contributed by atoms with Crippen LogP contribution in [0.2, 0.25) is 0 Å². The van der Waals surface area contributed by atoms with Crippen LogP contribution in [-0.4, -0.2) is 9.55 Å². The third-order valence-corrected chi connectivity index (χ3v) is 1.87. The van der Waals surface area contributed by atoms with Crippen LogP contribution in [-0.2, 0) is 7.05 Å². The maximum atomic E-state index is 5.90. The Kier molecular flexibility index (Phi) is 2.29. The number of nitrogens with two attached hydrogens (primary N) is 1.